The number of carbonyl (C=O) groups is 2. The summed E-state index contributed by atoms with van der Waals surface area (Å²) in [6.45, 7) is -0.222. The number of halogens is 3. The molecule has 0 unspecified atom stereocenters. The zero-order valence-electron chi connectivity index (χ0n) is 16.2. The van der Waals surface area contributed by atoms with Crippen LogP contribution in [0.3, 0.4) is 0 Å². The molecule has 7 nitrogen and oxygen atoms in total. The van der Waals surface area contributed by atoms with Crippen molar-refractivity contribution in [2.24, 2.45) is 5.92 Å². The first-order valence-corrected chi connectivity index (χ1v) is 11.5. The standard InChI is InChI=1S/C20H19Cl2FN2O5S/c21-14-1-4-16(5-2-14)31(28,29)25-9-7-13(8-10-25)20(27)30-12-19(26)24-18-6-3-15(23)11-17(18)22/h1-6,11,13H,7-10,12H2,(H,24,26). The average Bonchev–Trinajstić information content (AvgIpc) is 2.74. The minimum atomic E-state index is -3.68. The number of hydrogen-bond acceptors (Lipinski definition) is 5. The Balaban J connectivity index is 1.48. The smallest absolute Gasteiger partial charge is 0.309 e. The molecule has 1 N–H and O–H groups in total. The van der Waals surface area contributed by atoms with Crippen molar-refractivity contribution in [3.8, 4) is 0 Å². The lowest BCUT2D eigenvalue weighted by Gasteiger charge is -2.30. The number of carbonyl (C=O) groups excluding carboxylic acids is 2. The molecular weight excluding hydrogens is 470 g/mol. The van der Waals surface area contributed by atoms with Gasteiger partial charge in [0.05, 0.1) is 21.5 Å². The highest BCUT2D eigenvalue weighted by Gasteiger charge is 2.33. The summed E-state index contributed by atoms with van der Waals surface area (Å²) in [5, 5.41) is 2.89. The van der Waals surface area contributed by atoms with Crippen molar-refractivity contribution >= 4 is 50.8 Å². The van der Waals surface area contributed by atoms with E-state index >= 15 is 0 Å². The zero-order chi connectivity index (χ0) is 22.6. The van der Waals surface area contributed by atoms with Crippen molar-refractivity contribution in [2.75, 3.05) is 25.0 Å². The van der Waals surface area contributed by atoms with Gasteiger partial charge in [-0.15, -0.1) is 0 Å². The van der Waals surface area contributed by atoms with E-state index in [1.54, 1.807) is 0 Å². The Labute approximate surface area is 189 Å². The maximum atomic E-state index is 13.0. The maximum Gasteiger partial charge on any atom is 0.309 e. The van der Waals surface area contributed by atoms with Gasteiger partial charge in [0.25, 0.3) is 5.91 Å². The molecule has 11 heteroatoms. The molecule has 2 aromatic carbocycles. The van der Waals surface area contributed by atoms with Gasteiger partial charge in [0, 0.05) is 18.1 Å². The minimum absolute atomic E-state index is 0.0222. The fraction of sp³-hybridized carbons (Fsp3) is 0.300. The molecule has 1 saturated heterocycles. The lowest BCUT2D eigenvalue weighted by atomic mass is 9.98. The Kier molecular flexibility index (Phi) is 7.53. The number of amides is 1. The second kappa shape index (κ2) is 9.95. The third-order valence-corrected chi connectivity index (χ3v) is 7.27. The van der Waals surface area contributed by atoms with Crippen LogP contribution < -0.4 is 5.32 Å². The lowest BCUT2D eigenvalue weighted by molar-refractivity contribution is -0.152. The Bertz CT molecular complexity index is 1070. The molecule has 1 aliphatic heterocycles. The Morgan fingerprint density at radius 2 is 1.74 bits per heavy atom. The van der Waals surface area contributed by atoms with Gasteiger partial charge in [-0.2, -0.15) is 4.31 Å². The van der Waals surface area contributed by atoms with E-state index in [-0.39, 0.29) is 41.5 Å². The molecule has 0 radical (unpaired) electrons. The molecule has 0 atom stereocenters. The molecule has 1 amide bonds. The number of anilines is 1. The highest BCUT2D eigenvalue weighted by Crippen LogP contribution is 2.26. The largest absolute Gasteiger partial charge is 0.455 e. The van der Waals surface area contributed by atoms with Crippen LogP contribution in [0.5, 0.6) is 0 Å². The second-order valence-corrected chi connectivity index (χ2v) is 9.69. The van der Waals surface area contributed by atoms with Crippen LogP contribution in [0.25, 0.3) is 0 Å². The highest BCUT2D eigenvalue weighted by atomic mass is 35.5. The van der Waals surface area contributed by atoms with Gasteiger partial charge in [-0.3, -0.25) is 9.59 Å². The van der Waals surface area contributed by atoms with Crippen LogP contribution in [0.15, 0.2) is 47.4 Å². The number of hydrogen-bond donors (Lipinski definition) is 1. The molecule has 0 saturated carbocycles. The van der Waals surface area contributed by atoms with Crippen molar-refractivity contribution in [3.05, 3.63) is 58.3 Å². The Morgan fingerprint density at radius 1 is 1.10 bits per heavy atom. The number of benzene rings is 2. The minimum Gasteiger partial charge on any atom is -0.455 e. The summed E-state index contributed by atoms with van der Waals surface area (Å²) in [6, 6.07) is 9.36. The first kappa shape index (κ1) is 23.5. The fourth-order valence-corrected chi connectivity index (χ4v) is 4.93. The molecule has 31 heavy (non-hydrogen) atoms. The zero-order valence-corrected chi connectivity index (χ0v) is 18.5. The average molecular weight is 489 g/mol. The van der Waals surface area contributed by atoms with Gasteiger partial charge in [0.15, 0.2) is 6.61 Å². The Morgan fingerprint density at radius 3 is 2.35 bits per heavy atom. The summed E-state index contributed by atoms with van der Waals surface area (Å²) < 4.78 is 44.8. The molecule has 0 aliphatic carbocycles. The van der Waals surface area contributed by atoms with Crippen LogP contribution in [0, 0.1) is 11.7 Å². The lowest BCUT2D eigenvalue weighted by Crippen LogP contribution is -2.40. The van der Waals surface area contributed by atoms with Crippen LogP contribution in [0.2, 0.25) is 10.0 Å². The van der Waals surface area contributed by atoms with Gasteiger partial charge < -0.3 is 10.1 Å². The molecular formula is C20H19Cl2FN2O5S. The van der Waals surface area contributed by atoms with Gasteiger partial charge in [-0.1, -0.05) is 23.2 Å². The van der Waals surface area contributed by atoms with E-state index in [0.717, 1.165) is 12.1 Å². The van der Waals surface area contributed by atoms with Crippen LogP contribution in [-0.4, -0.2) is 44.3 Å². The SMILES string of the molecule is O=C(COC(=O)C1CCN(S(=O)(=O)c2ccc(Cl)cc2)CC1)Nc1ccc(F)cc1Cl. The maximum absolute atomic E-state index is 13.0. The number of nitrogens with one attached hydrogen (secondary N) is 1. The fourth-order valence-electron chi connectivity index (χ4n) is 3.12. The third kappa shape index (κ3) is 5.94. The quantitative estimate of drug-likeness (QED) is 0.625. The molecule has 2 aromatic rings. The van der Waals surface area contributed by atoms with E-state index in [9.17, 15) is 22.4 Å². The predicted molar refractivity (Wildman–Crippen MR) is 114 cm³/mol. The van der Waals surface area contributed by atoms with E-state index in [4.69, 9.17) is 27.9 Å². The van der Waals surface area contributed by atoms with E-state index < -0.39 is 40.2 Å². The van der Waals surface area contributed by atoms with Crippen LogP contribution in [-0.2, 0) is 24.3 Å². The molecule has 3 rings (SSSR count). The Hall–Kier alpha value is -2.20. The van der Waals surface area contributed by atoms with Crippen molar-refractivity contribution in [1.82, 2.24) is 4.31 Å². The number of piperidine rings is 1. The van der Waals surface area contributed by atoms with E-state index in [1.165, 1.54) is 34.6 Å². The van der Waals surface area contributed by atoms with Gasteiger partial charge in [0.1, 0.15) is 5.82 Å². The number of nitrogens with zero attached hydrogens (tertiary/aromatic N) is 1. The van der Waals surface area contributed by atoms with Crippen molar-refractivity contribution in [1.29, 1.82) is 0 Å². The molecule has 0 aromatic heterocycles. The van der Waals surface area contributed by atoms with Gasteiger partial charge >= 0.3 is 5.97 Å². The number of esters is 1. The summed E-state index contributed by atoms with van der Waals surface area (Å²) >= 11 is 11.6. The molecule has 1 aliphatic rings. The monoisotopic (exact) mass is 488 g/mol. The first-order chi connectivity index (χ1) is 14.7. The molecule has 0 spiro atoms. The van der Waals surface area contributed by atoms with E-state index in [0.29, 0.717) is 5.02 Å². The van der Waals surface area contributed by atoms with Crippen LogP contribution >= 0.6 is 23.2 Å². The highest BCUT2D eigenvalue weighted by molar-refractivity contribution is 7.89. The normalized spacial score (nSPS) is 15.5. The topological polar surface area (TPSA) is 92.8 Å². The van der Waals surface area contributed by atoms with Crippen molar-refractivity contribution in [3.63, 3.8) is 0 Å². The third-order valence-electron chi connectivity index (χ3n) is 4.79. The number of ether oxygens (including phenoxy) is 1. The number of sulfonamides is 1. The first-order valence-electron chi connectivity index (χ1n) is 9.34. The van der Waals surface area contributed by atoms with Crippen LogP contribution in [0.4, 0.5) is 10.1 Å². The summed E-state index contributed by atoms with van der Waals surface area (Å²) in [5.74, 6) is -2.26. The summed E-state index contributed by atoms with van der Waals surface area (Å²) in [5.41, 5.74) is 0.199. The van der Waals surface area contributed by atoms with Crippen LogP contribution in [0.1, 0.15) is 12.8 Å². The van der Waals surface area contributed by atoms with Gasteiger partial charge in [-0.05, 0) is 55.3 Å². The molecule has 1 heterocycles. The molecule has 1 fully saturated rings. The van der Waals surface area contributed by atoms with Crippen molar-refractivity contribution < 1.29 is 27.1 Å². The van der Waals surface area contributed by atoms with Gasteiger partial charge in [-0.25, -0.2) is 12.8 Å². The summed E-state index contributed by atoms with van der Waals surface area (Å²) in [4.78, 5) is 24.4. The van der Waals surface area contributed by atoms with E-state index in [1.807, 2.05) is 0 Å². The summed E-state index contributed by atoms with van der Waals surface area (Å²) in [6.07, 6.45) is 0.550. The predicted octanol–water partition coefficient (Wildman–Crippen LogP) is 3.72. The molecule has 0 bridgehead atoms. The van der Waals surface area contributed by atoms with Gasteiger partial charge in [0.2, 0.25) is 10.0 Å². The summed E-state index contributed by atoms with van der Waals surface area (Å²) in [7, 11) is -3.68. The molecule has 166 valence electrons. The van der Waals surface area contributed by atoms with E-state index in [2.05, 4.69) is 5.32 Å². The number of rotatable bonds is 6. The van der Waals surface area contributed by atoms with Crippen molar-refractivity contribution in [2.45, 2.75) is 17.7 Å². The second-order valence-electron chi connectivity index (χ2n) is 6.91.